The molecule has 0 aliphatic carbocycles. The van der Waals surface area contributed by atoms with Gasteiger partial charge in [0.25, 0.3) is 5.56 Å². The Bertz CT molecular complexity index is 1660. The molecule has 0 bridgehead atoms. The predicted octanol–water partition coefficient (Wildman–Crippen LogP) is 4.80. The van der Waals surface area contributed by atoms with E-state index in [1.54, 1.807) is 13.0 Å². The number of cyclic esters (lactones) is 1. The van der Waals surface area contributed by atoms with Gasteiger partial charge >= 0.3 is 13.6 Å². The first-order valence-electron chi connectivity index (χ1n) is 13.8. The molecule has 4 heterocycles. The average molecular weight is 601 g/mol. The average Bonchev–Trinajstić information content (AvgIpc) is 3.24. The molecule has 1 aromatic carbocycles. The lowest BCUT2D eigenvalue weighted by Crippen LogP contribution is -2.44. The van der Waals surface area contributed by atoms with Crippen LogP contribution < -0.4 is 5.56 Å². The number of carbonyl (C=O) groups excluding carboxylic acids is 1. The van der Waals surface area contributed by atoms with Crippen LogP contribution in [0.15, 0.2) is 35.1 Å². The van der Waals surface area contributed by atoms with Gasteiger partial charge in [-0.05, 0) is 35.2 Å². The summed E-state index contributed by atoms with van der Waals surface area (Å²) in [5, 5.41) is 23.9. The van der Waals surface area contributed by atoms with Gasteiger partial charge in [-0.1, -0.05) is 52.1 Å². The highest BCUT2D eigenvalue weighted by Crippen LogP contribution is 2.54. The van der Waals surface area contributed by atoms with Crippen LogP contribution in [-0.2, 0) is 35.4 Å². The van der Waals surface area contributed by atoms with Crippen molar-refractivity contribution in [3.8, 4) is 11.4 Å². The Morgan fingerprint density at radius 2 is 1.88 bits per heavy atom. The molecule has 0 radical (unpaired) electrons. The molecule has 12 heteroatoms. The standard InChI is InChI=1S/C29H37N2O8PSi/c1-8-29(35)20-13-22-25-24(27(33)31(22)26(32)19(20)14-39-28(29)34)23(18-11-9-10-12-21(18)30-25)17(3)41(6,7)16(2)15-40(36,37-4)38-5/h9-13,16-17,27,33,35H,8,14-15H2,1-7H3/t16?,17?,27?,29-/m0/s1. The zero-order valence-electron chi connectivity index (χ0n) is 24.4. The molecule has 0 amide bonds. The van der Waals surface area contributed by atoms with Gasteiger partial charge in [-0.25, -0.2) is 9.78 Å². The normalized spacial score (nSPS) is 21.7. The number of hydrogen-bond donors (Lipinski definition) is 2. The second-order valence-electron chi connectivity index (χ2n) is 11.7. The summed E-state index contributed by atoms with van der Waals surface area (Å²) in [6, 6.07) is 9.25. The predicted molar refractivity (Wildman–Crippen MR) is 158 cm³/mol. The number of ether oxygens (including phenoxy) is 1. The summed E-state index contributed by atoms with van der Waals surface area (Å²) in [5.74, 6) is -0.803. The van der Waals surface area contributed by atoms with Crippen molar-refractivity contribution in [2.24, 2.45) is 0 Å². The molecule has 2 aliphatic heterocycles. The van der Waals surface area contributed by atoms with Crippen LogP contribution in [0.4, 0.5) is 0 Å². The molecule has 2 aromatic heterocycles. The van der Waals surface area contributed by atoms with E-state index in [1.165, 1.54) is 18.8 Å². The Balaban J connectivity index is 1.75. The molecule has 0 fully saturated rings. The van der Waals surface area contributed by atoms with Gasteiger partial charge < -0.3 is 24.0 Å². The number of pyridine rings is 2. The van der Waals surface area contributed by atoms with Crippen molar-refractivity contribution in [3.05, 3.63) is 62.9 Å². The summed E-state index contributed by atoms with van der Waals surface area (Å²) < 4.78 is 30.0. The highest BCUT2D eigenvalue weighted by atomic mass is 31.2. The van der Waals surface area contributed by atoms with E-state index in [4.69, 9.17) is 18.8 Å². The Morgan fingerprint density at radius 1 is 1.22 bits per heavy atom. The van der Waals surface area contributed by atoms with Gasteiger partial charge in [-0.2, -0.15) is 0 Å². The van der Waals surface area contributed by atoms with Crippen molar-refractivity contribution < 1.29 is 33.4 Å². The van der Waals surface area contributed by atoms with Crippen molar-refractivity contribution in [3.63, 3.8) is 0 Å². The maximum Gasteiger partial charge on any atom is 0.343 e. The van der Waals surface area contributed by atoms with Crippen molar-refractivity contribution in [1.29, 1.82) is 0 Å². The first kappa shape index (κ1) is 29.8. The van der Waals surface area contributed by atoms with Crippen molar-refractivity contribution in [2.45, 2.75) is 69.8 Å². The molecule has 3 unspecified atom stereocenters. The Kier molecular flexibility index (Phi) is 7.46. The maximum atomic E-state index is 13.8. The zero-order chi connectivity index (χ0) is 30.1. The smallest absolute Gasteiger partial charge is 0.343 e. The van der Waals surface area contributed by atoms with Crippen LogP contribution in [0.5, 0.6) is 0 Å². The van der Waals surface area contributed by atoms with Gasteiger partial charge in [0, 0.05) is 30.7 Å². The van der Waals surface area contributed by atoms with Crippen LogP contribution in [0.2, 0.25) is 18.6 Å². The summed E-state index contributed by atoms with van der Waals surface area (Å²) in [7, 11) is -2.81. The number of aromatic nitrogens is 2. The number of fused-ring (bicyclic) bond motifs is 5. The van der Waals surface area contributed by atoms with Gasteiger partial charge in [0.05, 0.1) is 36.7 Å². The van der Waals surface area contributed by atoms with E-state index < -0.39 is 39.0 Å². The number of rotatable bonds is 8. The fourth-order valence-electron chi connectivity index (χ4n) is 6.20. The number of aliphatic hydroxyl groups is 2. The minimum absolute atomic E-state index is 0.00416. The summed E-state index contributed by atoms with van der Waals surface area (Å²) in [4.78, 5) is 31.3. The minimum Gasteiger partial charge on any atom is -0.458 e. The van der Waals surface area contributed by atoms with E-state index in [0.717, 1.165) is 10.9 Å². The van der Waals surface area contributed by atoms with Crippen LogP contribution in [-0.4, -0.2) is 54.2 Å². The second-order valence-corrected chi connectivity index (χ2v) is 19.5. The fraction of sp³-hybridized carbons (Fsp3) is 0.483. The SMILES string of the molecule is CC[C@@]1(O)C(=O)OCc2c1cc1n(c2=O)C(O)c2c-1nc1ccccc1c2C(C)[Si](C)(C)C(C)CP(=O)(OC)OC. The fourth-order valence-corrected chi connectivity index (χ4v) is 11.8. The van der Waals surface area contributed by atoms with Crippen molar-refractivity contribution in [2.75, 3.05) is 20.4 Å². The molecule has 2 N–H and O–H groups in total. The summed E-state index contributed by atoms with van der Waals surface area (Å²) in [6.45, 7) is 9.96. The third kappa shape index (κ3) is 4.37. The first-order chi connectivity index (χ1) is 19.3. The van der Waals surface area contributed by atoms with E-state index in [0.29, 0.717) is 22.5 Å². The lowest BCUT2D eigenvalue weighted by molar-refractivity contribution is -0.172. The minimum atomic E-state index is -3.26. The van der Waals surface area contributed by atoms with Crippen LogP contribution >= 0.6 is 7.60 Å². The molecular weight excluding hydrogens is 563 g/mol. The molecule has 4 atom stereocenters. The highest BCUT2D eigenvalue weighted by molar-refractivity contribution is 7.54. The number of nitrogens with zero attached hydrogens (tertiary/aromatic N) is 2. The van der Waals surface area contributed by atoms with Gasteiger partial charge in [0.2, 0.25) is 0 Å². The quantitative estimate of drug-likeness (QED) is 0.212. The molecule has 5 rings (SSSR count). The van der Waals surface area contributed by atoms with Gasteiger partial charge in [-0.15, -0.1) is 0 Å². The molecule has 41 heavy (non-hydrogen) atoms. The molecule has 0 saturated carbocycles. The van der Waals surface area contributed by atoms with E-state index in [-0.39, 0.29) is 41.4 Å². The first-order valence-corrected chi connectivity index (χ1v) is 18.6. The molecule has 0 saturated heterocycles. The van der Waals surface area contributed by atoms with Crippen LogP contribution in [0.1, 0.15) is 61.2 Å². The number of benzene rings is 1. The maximum absolute atomic E-state index is 13.8. The van der Waals surface area contributed by atoms with Gasteiger partial charge in [0.15, 0.2) is 11.8 Å². The number of hydrogen-bond acceptors (Lipinski definition) is 9. The van der Waals surface area contributed by atoms with E-state index >= 15 is 0 Å². The lowest BCUT2D eigenvalue weighted by Gasteiger charge is -2.38. The summed E-state index contributed by atoms with van der Waals surface area (Å²) >= 11 is 0. The van der Waals surface area contributed by atoms with Crippen molar-refractivity contribution >= 4 is 32.5 Å². The lowest BCUT2D eigenvalue weighted by atomic mass is 9.86. The number of carbonyl (C=O) groups is 1. The van der Waals surface area contributed by atoms with Gasteiger partial charge in [0.1, 0.15) is 6.61 Å². The molecular formula is C29H37N2O8PSi. The molecule has 2 aliphatic rings. The van der Waals surface area contributed by atoms with E-state index in [1.807, 2.05) is 24.3 Å². The zero-order valence-corrected chi connectivity index (χ0v) is 26.3. The number of esters is 1. The second kappa shape index (κ2) is 10.3. The summed E-state index contributed by atoms with van der Waals surface area (Å²) in [6.07, 6.45) is -1.05. The summed E-state index contributed by atoms with van der Waals surface area (Å²) in [5.41, 5.74) is 0.638. The van der Waals surface area contributed by atoms with Crippen molar-refractivity contribution in [1.82, 2.24) is 9.55 Å². The Hall–Kier alpha value is -2.66. The highest BCUT2D eigenvalue weighted by Gasteiger charge is 2.48. The van der Waals surface area contributed by atoms with Gasteiger partial charge in [-0.3, -0.25) is 13.9 Å². The Labute approximate surface area is 239 Å². The number of aliphatic hydroxyl groups excluding tert-OH is 1. The van der Waals surface area contributed by atoms with Crippen LogP contribution in [0.25, 0.3) is 22.3 Å². The molecule has 0 spiro atoms. The topological polar surface area (TPSA) is 137 Å². The largest absolute Gasteiger partial charge is 0.458 e. The van der Waals surface area contributed by atoms with Crippen LogP contribution in [0, 0.1) is 0 Å². The van der Waals surface area contributed by atoms with E-state index in [9.17, 15) is 24.4 Å². The van der Waals surface area contributed by atoms with Crippen LogP contribution in [0.3, 0.4) is 0 Å². The molecule has 10 nitrogen and oxygen atoms in total. The third-order valence-corrected chi connectivity index (χ3v) is 17.3. The molecule has 220 valence electrons. The Morgan fingerprint density at radius 3 is 2.51 bits per heavy atom. The monoisotopic (exact) mass is 600 g/mol. The number of para-hydroxylation sites is 1. The third-order valence-electron chi connectivity index (χ3n) is 9.58. The van der Waals surface area contributed by atoms with E-state index in [2.05, 4.69) is 26.9 Å². The molecule has 3 aromatic rings.